The Balaban J connectivity index is 1.04. The maximum atomic E-state index is 6.94. The van der Waals surface area contributed by atoms with Crippen LogP contribution in [-0.2, 0) is 0 Å². The van der Waals surface area contributed by atoms with Crippen LogP contribution >= 0.6 is 0 Å². The second-order valence-electron chi connectivity index (χ2n) is 16.4. The van der Waals surface area contributed by atoms with Crippen molar-refractivity contribution in [3.05, 3.63) is 231 Å². The minimum atomic E-state index is 0.865. The molecule has 0 fully saturated rings. The Labute approximate surface area is 363 Å². The molecule has 2 aromatic heterocycles. The molecule has 0 aliphatic heterocycles. The van der Waals surface area contributed by atoms with Gasteiger partial charge < -0.3 is 13.9 Å². The molecule has 11 aromatic carbocycles. The fourth-order valence-corrected chi connectivity index (χ4v) is 10.1. The minimum Gasteiger partial charge on any atom is -0.455 e. The van der Waals surface area contributed by atoms with Crippen molar-refractivity contribution in [1.29, 1.82) is 0 Å². The third-order valence-corrected chi connectivity index (χ3v) is 13.0. The van der Waals surface area contributed by atoms with E-state index in [1.807, 2.05) is 0 Å². The molecular weight excluding hydrogens is 765 g/mol. The van der Waals surface area contributed by atoms with E-state index in [4.69, 9.17) is 4.42 Å². The number of rotatable bonds is 6. The molecule has 2 heterocycles. The molecule has 13 rings (SSSR count). The topological polar surface area (TPSA) is 21.3 Å². The zero-order valence-electron chi connectivity index (χ0n) is 34.2. The highest BCUT2D eigenvalue weighted by Crippen LogP contribution is 2.49. The summed E-state index contributed by atoms with van der Waals surface area (Å²) in [6.45, 7) is 0. The van der Waals surface area contributed by atoms with Crippen LogP contribution in [0.15, 0.2) is 235 Å². The van der Waals surface area contributed by atoms with Crippen LogP contribution in [-0.4, -0.2) is 4.57 Å². The van der Waals surface area contributed by atoms with Crippen LogP contribution in [0, 0.1) is 0 Å². The SMILES string of the molecule is c1ccc(-n2c3ccccc3c3ccc(-c4ccc(N(c5cccc6c5ccc5ccccc56)c5ccc(-c6cccc7ccccc67)c6oc7ccccc7c56)cc4)cc32)cc1. The molecule has 13 aromatic rings. The van der Waals surface area contributed by atoms with Crippen LogP contribution in [0.1, 0.15) is 0 Å². The van der Waals surface area contributed by atoms with Gasteiger partial charge in [0.25, 0.3) is 0 Å². The Morgan fingerprint density at radius 1 is 0.349 bits per heavy atom. The monoisotopic (exact) mass is 802 g/mol. The van der Waals surface area contributed by atoms with Crippen molar-refractivity contribution in [3.8, 4) is 27.9 Å². The smallest absolute Gasteiger partial charge is 0.145 e. The number of furan rings is 1. The summed E-state index contributed by atoms with van der Waals surface area (Å²) in [5.41, 5.74) is 13.0. The number of para-hydroxylation sites is 3. The van der Waals surface area contributed by atoms with Gasteiger partial charge in [-0.05, 0) is 104 Å². The second kappa shape index (κ2) is 14.1. The largest absolute Gasteiger partial charge is 0.455 e. The third kappa shape index (κ3) is 5.53. The summed E-state index contributed by atoms with van der Waals surface area (Å²) >= 11 is 0. The number of hydrogen-bond acceptors (Lipinski definition) is 2. The molecule has 294 valence electrons. The van der Waals surface area contributed by atoms with Crippen LogP contribution in [0.5, 0.6) is 0 Å². The lowest BCUT2D eigenvalue weighted by Crippen LogP contribution is -2.11. The second-order valence-corrected chi connectivity index (χ2v) is 16.4. The van der Waals surface area contributed by atoms with Crippen LogP contribution < -0.4 is 4.90 Å². The van der Waals surface area contributed by atoms with Gasteiger partial charge in [0.1, 0.15) is 11.2 Å². The maximum Gasteiger partial charge on any atom is 0.145 e. The van der Waals surface area contributed by atoms with Gasteiger partial charge in [0, 0.05) is 38.5 Å². The minimum absolute atomic E-state index is 0.865. The number of hydrogen-bond donors (Lipinski definition) is 0. The number of nitrogens with zero attached hydrogens (tertiary/aromatic N) is 2. The highest BCUT2D eigenvalue weighted by atomic mass is 16.3. The van der Waals surface area contributed by atoms with E-state index < -0.39 is 0 Å². The van der Waals surface area contributed by atoms with Crippen molar-refractivity contribution in [3.63, 3.8) is 0 Å². The molecule has 3 heteroatoms. The molecule has 0 saturated carbocycles. The molecule has 0 spiro atoms. The fourth-order valence-electron chi connectivity index (χ4n) is 10.1. The van der Waals surface area contributed by atoms with Crippen molar-refractivity contribution in [1.82, 2.24) is 4.57 Å². The Hall–Kier alpha value is -8.40. The lowest BCUT2D eigenvalue weighted by atomic mass is 9.95. The number of anilines is 3. The summed E-state index contributed by atoms with van der Waals surface area (Å²) in [5.74, 6) is 0. The lowest BCUT2D eigenvalue weighted by molar-refractivity contribution is 0.670. The van der Waals surface area contributed by atoms with E-state index >= 15 is 0 Å². The van der Waals surface area contributed by atoms with Crippen molar-refractivity contribution in [2.75, 3.05) is 4.90 Å². The highest BCUT2D eigenvalue weighted by Gasteiger charge is 2.24. The van der Waals surface area contributed by atoms with Crippen LogP contribution in [0.4, 0.5) is 17.1 Å². The third-order valence-electron chi connectivity index (χ3n) is 13.0. The Bertz CT molecular complexity index is 3910. The van der Waals surface area contributed by atoms with Crippen molar-refractivity contribution in [2.45, 2.75) is 0 Å². The molecule has 0 atom stereocenters. The van der Waals surface area contributed by atoms with Gasteiger partial charge in [-0.25, -0.2) is 0 Å². The van der Waals surface area contributed by atoms with Gasteiger partial charge in [-0.2, -0.15) is 0 Å². The molecular formula is C60H38N2O. The Morgan fingerprint density at radius 3 is 1.84 bits per heavy atom. The molecule has 0 aliphatic rings. The van der Waals surface area contributed by atoms with Crippen LogP contribution in [0.2, 0.25) is 0 Å². The van der Waals surface area contributed by atoms with Gasteiger partial charge in [0.05, 0.1) is 27.8 Å². The molecule has 0 aliphatic carbocycles. The van der Waals surface area contributed by atoms with E-state index in [-0.39, 0.29) is 0 Å². The van der Waals surface area contributed by atoms with Crippen LogP contribution in [0.3, 0.4) is 0 Å². The first-order valence-electron chi connectivity index (χ1n) is 21.6. The van der Waals surface area contributed by atoms with Crippen molar-refractivity contribution >= 4 is 93.1 Å². The summed E-state index contributed by atoms with van der Waals surface area (Å²) in [7, 11) is 0. The molecule has 0 unspecified atom stereocenters. The van der Waals surface area contributed by atoms with Gasteiger partial charge >= 0.3 is 0 Å². The first kappa shape index (κ1) is 35.4. The van der Waals surface area contributed by atoms with E-state index in [9.17, 15) is 0 Å². The number of fused-ring (bicyclic) bond motifs is 10. The van der Waals surface area contributed by atoms with Gasteiger partial charge in [-0.3, -0.25) is 0 Å². The normalized spacial score (nSPS) is 11.8. The van der Waals surface area contributed by atoms with E-state index in [0.717, 1.165) is 61.4 Å². The molecule has 0 saturated heterocycles. The maximum absolute atomic E-state index is 6.94. The average Bonchev–Trinajstić information content (AvgIpc) is 3.91. The molecule has 0 radical (unpaired) electrons. The predicted molar refractivity (Wildman–Crippen MR) is 266 cm³/mol. The molecule has 3 nitrogen and oxygen atoms in total. The van der Waals surface area contributed by atoms with Crippen molar-refractivity contribution in [2.24, 2.45) is 0 Å². The fraction of sp³-hybridized carbons (Fsp3) is 0. The van der Waals surface area contributed by atoms with E-state index in [2.05, 4.69) is 240 Å². The lowest BCUT2D eigenvalue weighted by Gasteiger charge is -2.28. The van der Waals surface area contributed by atoms with Gasteiger partial charge in [0.15, 0.2) is 0 Å². The summed E-state index contributed by atoms with van der Waals surface area (Å²) in [5, 5.41) is 11.9. The summed E-state index contributed by atoms with van der Waals surface area (Å²) in [4.78, 5) is 2.44. The van der Waals surface area contributed by atoms with Gasteiger partial charge in [0.2, 0.25) is 0 Å². The molecule has 0 N–H and O–H groups in total. The Kier molecular flexibility index (Phi) is 7.91. The first-order chi connectivity index (χ1) is 31.3. The summed E-state index contributed by atoms with van der Waals surface area (Å²) < 4.78 is 9.33. The van der Waals surface area contributed by atoms with E-state index in [0.29, 0.717) is 0 Å². The highest BCUT2D eigenvalue weighted by molar-refractivity contribution is 6.20. The van der Waals surface area contributed by atoms with Gasteiger partial charge in [-0.15, -0.1) is 0 Å². The van der Waals surface area contributed by atoms with E-state index in [1.165, 1.54) is 59.7 Å². The average molecular weight is 803 g/mol. The zero-order valence-corrected chi connectivity index (χ0v) is 34.2. The summed E-state index contributed by atoms with van der Waals surface area (Å²) in [6.07, 6.45) is 0. The molecule has 0 bridgehead atoms. The number of aromatic nitrogens is 1. The standard InChI is InChI=1S/C60H38N2O/c1-2-17-43(18-3-1)62-54-25-10-8-21-49(54)51-35-31-42(38-57(51)62)39-28-32-44(33-29-39)61(55-26-13-24-47-46-20-7-5-15-41(46)30-34-50(47)55)56-37-36-52(48-23-12-16-40-14-4-6-19-45(40)48)60-59(56)53-22-9-11-27-58(53)63-60/h1-38H. The quantitative estimate of drug-likeness (QED) is 0.156. The molecule has 0 amide bonds. The van der Waals surface area contributed by atoms with Crippen molar-refractivity contribution < 1.29 is 4.42 Å². The zero-order chi connectivity index (χ0) is 41.4. The first-order valence-corrected chi connectivity index (χ1v) is 21.6. The van der Waals surface area contributed by atoms with Crippen LogP contribution in [0.25, 0.3) is 104 Å². The Morgan fingerprint density at radius 2 is 0.984 bits per heavy atom. The predicted octanol–water partition coefficient (Wildman–Crippen LogP) is 16.9. The molecule has 63 heavy (non-hydrogen) atoms. The summed E-state index contributed by atoms with van der Waals surface area (Å²) in [6, 6.07) is 83.4. The van der Waals surface area contributed by atoms with E-state index in [1.54, 1.807) is 0 Å². The van der Waals surface area contributed by atoms with Gasteiger partial charge in [-0.1, -0.05) is 170 Å². The number of benzene rings is 11.